The standard InChI is InChI=1S/C12H11NO3/c1-2-8-5-10(14)3-4-11(8)9(7-13)6-12(15)16/h3-6,14H,2H2,1H3,(H,15,16). The second kappa shape index (κ2) is 4.99. The third-order valence-electron chi connectivity index (χ3n) is 2.15. The van der Waals surface area contributed by atoms with Crippen molar-refractivity contribution in [2.75, 3.05) is 0 Å². The van der Waals surface area contributed by atoms with Crippen molar-refractivity contribution in [1.82, 2.24) is 0 Å². The van der Waals surface area contributed by atoms with E-state index in [0.29, 0.717) is 12.0 Å². The van der Waals surface area contributed by atoms with Crippen LogP contribution in [0.2, 0.25) is 0 Å². The lowest BCUT2D eigenvalue weighted by atomic mass is 9.98. The Kier molecular flexibility index (Phi) is 3.67. The molecule has 0 unspecified atom stereocenters. The van der Waals surface area contributed by atoms with Crippen LogP contribution >= 0.6 is 0 Å². The number of hydrogen-bond donors (Lipinski definition) is 2. The van der Waals surface area contributed by atoms with Crippen molar-refractivity contribution < 1.29 is 15.0 Å². The highest BCUT2D eigenvalue weighted by Gasteiger charge is 2.08. The van der Waals surface area contributed by atoms with Crippen molar-refractivity contribution in [2.24, 2.45) is 0 Å². The van der Waals surface area contributed by atoms with Gasteiger partial charge in [0.2, 0.25) is 0 Å². The maximum Gasteiger partial charge on any atom is 0.329 e. The van der Waals surface area contributed by atoms with Crippen LogP contribution in [0.15, 0.2) is 24.3 Å². The zero-order valence-electron chi connectivity index (χ0n) is 8.77. The van der Waals surface area contributed by atoms with Crippen LogP contribution in [0.5, 0.6) is 5.75 Å². The number of nitrogens with zero attached hydrogens (tertiary/aromatic N) is 1. The summed E-state index contributed by atoms with van der Waals surface area (Å²) in [6, 6.07) is 6.35. The Bertz CT molecular complexity index is 484. The molecule has 1 aromatic rings. The van der Waals surface area contributed by atoms with Crippen molar-refractivity contribution in [1.29, 1.82) is 5.26 Å². The lowest BCUT2D eigenvalue weighted by Gasteiger charge is -2.06. The molecule has 0 aromatic heterocycles. The zero-order valence-corrected chi connectivity index (χ0v) is 8.77. The van der Waals surface area contributed by atoms with E-state index in [1.54, 1.807) is 6.07 Å². The zero-order chi connectivity index (χ0) is 12.1. The third-order valence-corrected chi connectivity index (χ3v) is 2.15. The quantitative estimate of drug-likeness (QED) is 0.598. The first-order valence-electron chi connectivity index (χ1n) is 4.75. The van der Waals surface area contributed by atoms with Crippen LogP contribution in [-0.4, -0.2) is 16.2 Å². The summed E-state index contributed by atoms with van der Waals surface area (Å²) < 4.78 is 0. The molecule has 0 fully saturated rings. The first-order valence-corrected chi connectivity index (χ1v) is 4.75. The number of carboxylic acids is 1. The van der Waals surface area contributed by atoms with Gasteiger partial charge < -0.3 is 10.2 Å². The Hall–Kier alpha value is -2.28. The van der Waals surface area contributed by atoms with Crippen molar-refractivity contribution in [3.05, 3.63) is 35.4 Å². The number of carbonyl (C=O) groups is 1. The maximum atomic E-state index is 10.5. The minimum atomic E-state index is -1.16. The van der Waals surface area contributed by atoms with Crippen molar-refractivity contribution in [3.63, 3.8) is 0 Å². The van der Waals surface area contributed by atoms with Gasteiger partial charge in [-0.05, 0) is 35.7 Å². The molecule has 0 heterocycles. The molecule has 2 N–H and O–H groups in total. The number of aromatic hydroxyl groups is 1. The summed E-state index contributed by atoms with van der Waals surface area (Å²) in [5.74, 6) is -1.06. The first kappa shape index (κ1) is 11.8. The number of phenols is 1. The lowest BCUT2D eigenvalue weighted by Crippen LogP contribution is -1.95. The third kappa shape index (κ3) is 2.61. The SMILES string of the molecule is CCc1cc(O)ccc1C(C#N)=CC(=O)O. The number of hydrogen-bond acceptors (Lipinski definition) is 3. The second-order valence-electron chi connectivity index (χ2n) is 3.20. The molecule has 0 radical (unpaired) electrons. The van der Waals surface area contributed by atoms with Crippen LogP contribution < -0.4 is 0 Å². The molecule has 4 nitrogen and oxygen atoms in total. The van der Waals surface area contributed by atoms with E-state index in [1.807, 2.05) is 13.0 Å². The predicted molar refractivity (Wildman–Crippen MR) is 58.7 cm³/mol. The molecule has 1 aromatic carbocycles. The number of rotatable bonds is 3. The van der Waals surface area contributed by atoms with Crippen LogP contribution in [0, 0.1) is 11.3 Å². The molecule has 0 bridgehead atoms. The van der Waals surface area contributed by atoms with E-state index in [4.69, 9.17) is 10.4 Å². The molecular weight excluding hydrogens is 206 g/mol. The number of allylic oxidation sites excluding steroid dienone is 1. The largest absolute Gasteiger partial charge is 0.508 e. The minimum absolute atomic E-state index is 0.0874. The van der Waals surface area contributed by atoms with Gasteiger partial charge in [0.25, 0.3) is 0 Å². The summed E-state index contributed by atoms with van der Waals surface area (Å²) in [5.41, 5.74) is 1.38. The van der Waals surface area contributed by atoms with Gasteiger partial charge in [-0.1, -0.05) is 6.92 Å². The van der Waals surface area contributed by atoms with Crippen molar-refractivity contribution >= 4 is 11.5 Å². The molecule has 0 atom stereocenters. The van der Waals surface area contributed by atoms with Gasteiger partial charge in [-0.3, -0.25) is 0 Å². The Morgan fingerprint density at radius 3 is 2.75 bits per heavy atom. The summed E-state index contributed by atoms with van der Waals surface area (Å²) in [7, 11) is 0. The molecule has 0 aliphatic heterocycles. The minimum Gasteiger partial charge on any atom is -0.508 e. The van der Waals surface area contributed by atoms with Crippen molar-refractivity contribution in [3.8, 4) is 11.8 Å². The van der Waals surface area contributed by atoms with E-state index in [-0.39, 0.29) is 11.3 Å². The molecule has 0 saturated carbocycles. The first-order chi connectivity index (χ1) is 7.58. The molecule has 82 valence electrons. The van der Waals surface area contributed by atoms with E-state index in [1.165, 1.54) is 12.1 Å². The van der Waals surface area contributed by atoms with Gasteiger partial charge in [-0.2, -0.15) is 5.26 Å². The predicted octanol–water partition coefficient (Wildman–Crippen LogP) is 1.95. The fourth-order valence-corrected chi connectivity index (χ4v) is 1.43. The Morgan fingerprint density at radius 1 is 1.56 bits per heavy atom. The Labute approximate surface area is 93.1 Å². The van der Waals surface area contributed by atoms with Crippen LogP contribution in [0.1, 0.15) is 18.1 Å². The summed E-state index contributed by atoms with van der Waals surface area (Å²) in [4.78, 5) is 10.5. The van der Waals surface area contributed by atoms with E-state index in [0.717, 1.165) is 11.6 Å². The molecule has 0 aliphatic rings. The van der Waals surface area contributed by atoms with Gasteiger partial charge in [-0.25, -0.2) is 4.79 Å². The van der Waals surface area contributed by atoms with Gasteiger partial charge in [0.15, 0.2) is 0 Å². The molecule has 0 saturated heterocycles. The van der Waals surface area contributed by atoms with Gasteiger partial charge in [0.1, 0.15) is 11.8 Å². The highest BCUT2D eigenvalue weighted by molar-refractivity contribution is 5.94. The average Bonchev–Trinajstić information content (AvgIpc) is 2.25. The fraction of sp³-hybridized carbons (Fsp3) is 0.167. The monoisotopic (exact) mass is 217 g/mol. The van der Waals surface area contributed by atoms with Crippen LogP contribution in [0.4, 0.5) is 0 Å². The molecule has 0 amide bonds. The van der Waals surface area contributed by atoms with Gasteiger partial charge >= 0.3 is 5.97 Å². The molecular formula is C12H11NO3. The molecule has 0 spiro atoms. The highest BCUT2D eigenvalue weighted by atomic mass is 16.4. The topological polar surface area (TPSA) is 81.3 Å². The van der Waals surface area contributed by atoms with Crippen LogP contribution in [0.3, 0.4) is 0 Å². The van der Waals surface area contributed by atoms with Crippen LogP contribution in [-0.2, 0) is 11.2 Å². The number of nitriles is 1. The smallest absolute Gasteiger partial charge is 0.329 e. The van der Waals surface area contributed by atoms with Crippen molar-refractivity contribution in [2.45, 2.75) is 13.3 Å². The Morgan fingerprint density at radius 2 is 2.25 bits per heavy atom. The number of phenolic OH excluding ortho intramolecular Hbond substituents is 1. The number of aryl methyl sites for hydroxylation is 1. The van der Waals surface area contributed by atoms with Gasteiger partial charge in [0, 0.05) is 6.08 Å². The van der Waals surface area contributed by atoms with Crippen LogP contribution in [0.25, 0.3) is 5.57 Å². The lowest BCUT2D eigenvalue weighted by molar-refractivity contribution is -0.131. The molecule has 1 rings (SSSR count). The van der Waals surface area contributed by atoms with E-state index < -0.39 is 5.97 Å². The molecule has 4 heteroatoms. The summed E-state index contributed by atoms with van der Waals surface area (Å²) >= 11 is 0. The summed E-state index contributed by atoms with van der Waals surface area (Å²) in [5, 5.41) is 26.8. The number of carboxylic acid groups (broad SMARTS) is 1. The van der Waals surface area contributed by atoms with Gasteiger partial charge in [-0.15, -0.1) is 0 Å². The highest BCUT2D eigenvalue weighted by Crippen LogP contribution is 2.23. The molecule has 0 aliphatic carbocycles. The maximum absolute atomic E-state index is 10.5. The van der Waals surface area contributed by atoms with Gasteiger partial charge in [0.05, 0.1) is 5.57 Å². The van der Waals surface area contributed by atoms with E-state index in [2.05, 4.69) is 0 Å². The fourth-order valence-electron chi connectivity index (χ4n) is 1.43. The summed E-state index contributed by atoms with van der Waals surface area (Å²) in [6.45, 7) is 1.87. The Balaban J connectivity index is 3.32. The number of benzene rings is 1. The molecule has 16 heavy (non-hydrogen) atoms. The van der Waals surface area contributed by atoms with E-state index in [9.17, 15) is 9.90 Å². The van der Waals surface area contributed by atoms with E-state index >= 15 is 0 Å². The second-order valence-corrected chi connectivity index (χ2v) is 3.20. The normalized spacial score (nSPS) is 10.9. The number of aliphatic carboxylic acids is 1. The summed E-state index contributed by atoms with van der Waals surface area (Å²) in [6.07, 6.45) is 1.48. The average molecular weight is 217 g/mol.